The minimum absolute atomic E-state index is 0.682. The van der Waals surface area contributed by atoms with Crippen molar-refractivity contribution in [2.24, 2.45) is 0 Å². The van der Waals surface area contributed by atoms with Gasteiger partial charge >= 0.3 is 0 Å². The van der Waals surface area contributed by atoms with Gasteiger partial charge in [-0.05, 0) is 30.8 Å². The lowest BCUT2D eigenvalue weighted by molar-refractivity contribution is 0.514. The fraction of sp³-hybridized carbons (Fsp3) is 0.667. The zero-order valence-electron chi connectivity index (χ0n) is 9.66. The molecule has 0 amide bonds. The van der Waals surface area contributed by atoms with Gasteiger partial charge in [0.15, 0.2) is 0 Å². The zero-order valence-corrected chi connectivity index (χ0v) is 11.3. The molecule has 0 aliphatic heterocycles. The third kappa shape index (κ3) is 5.59. The third-order valence-corrected chi connectivity index (χ3v) is 4.54. The fourth-order valence-electron chi connectivity index (χ4n) is 1.47. The predicted octanol–water partition coefficient (Wildman–Crippen LogP) is 4.01. The molecule has 1 unspecified atom stereocenters. The van der Waals surface area contributed by atoms with Crippen LogP contribution in [0.5, 0.6) is 0 Å². The molecule has 1 nitrogen and oxygen atoms in total. The van der Waals surface area contributed by atoms with Crippen LogP contribution in [-0.2, 0) is 0 Å². The molecular weight excluding hydrogens is 222 g/mol. The van der Waals surface area contributed by atoms with Gasteiger partial charge in [0.25, 0.3) is 0 Å². The highest BCUT2D eigenvalue weighted by Gasteiger charge is 2.07. The summed E-state index contributed by atoms with van der Waals surface area (Å²) < 4.78 is 1.44. The van der Waals surface area contributed by atoms with E-state index in [0.717, 1.165) is 6.54 Å². The van der Waals surface area contributed by atoms with Gasteiger partial charge < -0.3 is 5.32 Å². The molecule has 0 aromatic carbocycles. The Labute approximate surface area is 102 Å². The van der Waals surface area contributed by atoms with Gasteiger partial charge in [-0.1, -0.05) is 26.3 Å². The van der Waals surface area contributed by atoms with Gasteiger partial charge in [-0.25, -0.2) is 0 Å². The van der Waals surface area contributed by atoms with E-state index < -0.39 is 0 Å². The van der Waals surface area contributed by atoms with Gasteiger partial charge in [0.1, 0.15) is 0 Å². The molecular formula is C12H21NS2. The van der Waals surface area contributed by atoms with Crippen molar-refractivity contribution < 1.29 is 0 Å². The summed E-state index contributed by atoms with van der Waals surface area (Å²) >= 11 is 3.82. The standard InChI is InChI=1S/C12H21NS2/c1-3-6-11(13-8-4-2)10-15-12-7-5-9-14-12/h5,7,9,11,13H,3-4,6,8,10H2,1-2H3. The maximum Gasteiger partial charge on any atom is 0.0599 e. The van der Waals surface area contributed by atoms with E-state index in [0.29, 0.717) is 6.04 Å². The summed E-state index contributed by atoms with van der Waals surface area (Å²) in [5, 5.41) is 5.77. The van der Waals surface area contributed by atoms with Gasteiger partial charge in [-0.15, -0.1) is 23.1 Å². The fourth-order valence-corrected chi connectivity index (χ4v) is 3.39. The molecule has 0 saturated heterocycles. The third-order valence-electron chi connectivity index (χ3n) is 2.24. The quantitative estimate of drug-likeness (QED) is 0.692. The van der Waals surface area contributed by atoms with Crippen LogP contribution in [0.1, 0.15) is 33.1 Å². The zero-order chi connectivity index (χ0) is 10.9. The monoisotopic (exact) mass is 243 g/mol. The first kappa shape index (κ1) is 13.1. The van der Waals surface area contributed by atoms with Crippen molar-refractivity contribution in [1.29, 1.82) is 0 Å². The van der Waals surface area contributed by atoms with E-state index in [2.05, 4.69) is 36.7 Å². The molecule has 1 atom stereocenters. The van der Waals surface area contributed by atoms with E-state index >= 15 is 0 Å². The van der Waals surface area contributed by atoms with Crippen LogP contribution in [0.25, 0.3) is 0 Å². The number of rotatable bonds is 8. The first-order chi connectivity index (χ1) is 7.36. The molecule has 0 saturated carbocycles. The number of nitrogens with one attached hydrogen (secondary N) is 1. The number of thiophene rings is 1. The molecule has 3 heteroatoms. The molecule has 1 aromatic rings. The largest absolute Gasteiger partial charge is 0.313 e. The molecule has 15 heavy (non-hydrogen) atoms. The maximum absolute atomic E-state index is 3.62. The number of hydrogen-bond acceptors (Lipinski definition) is 3. The number of hydrogen-bond donors (Lipinski definition) is 1. The summed E-state index contributed by atoms with van der Waals surface area (Å²) in [6.45, 7) is 5.63. The Balaban J connectivity index is 2.24. The second kappa shape index (κ2) is 8.20. The molecule has 1 N–H and O–H groups in total. The van der Waals surface area contributed by atoms with Crippen LogP contribution in [0.2, 0.25) is 0 Å². The van der Waals surface area contributed by atoms with E-state index in [4.69, 9.17) is 0 Å². The van der Waals surface area contributed by atoms with Crippen molar-refractivity contribution in [2.45, 2.75) is 43.4 Å². The van der Waals surface area contributed by atoms with Gasteiger partial charge in [0.2, 0.25) is 0 Å². The Morgan fingerprint density at radius 1 is 1.40 bits per heavy atom. The molecule has 0 spiro atoms. The SMILES string of the molecule is CCCNC(CCC)CSc1cccs1. The molecule has 0 radical (unpaired) electrons. The van der Waals surface area contributed by atoms with E-state index in [9.17, 15) is 0 Å². The van der Waals surface area contributed by atoms with Crippen LogP contribution in [0.3, 0.4) is 0 Å². The summed E-state index contributed by atoms with van der Waals surface area (Å²) in [7, 11) is 0. The van der Waals surface area contributed by atoms with Crippen LogP contribution >= 0.6 is 23.1 Å². The lowest BCUT2D eigenvalue weighted by Crippen LogP contribution is -2.31. The van der Waals surface area contributed by atoms with Crippen molar-refractivity contribution >= 4 is 23.1 Å². The molecule has 1 heterocycles. The Hall–Kier alpha value is 0.01000. The molecule has 0 fully saturated rings. The molecule has 1 rings (SSSR count). The van der Waals surface area contributed by atoms with Crippen LogP contribution in [0.4, 0.5) is 0 Å². The summed E-state index contributed by atoms with van der Waals surface area (Å²) in [6.07, 6.45) is 3.79. The van der Waals surface area contributed by atoms with Crippen LogP contribution in [0, 0.1) is 0 Å². The minimum Gasteiger partial charge on any atom is -0.313 e. The van der Waals surface area contributed by atoms with Crippen molar-refractivity contribution in [2.75, 3.05) is 12.3 Å². The molecule has 0 bridgehead atoms. The van der Waals surface area contributed by atoms with E-state index in [1.165, 1.54) is 29.2 Å². The second-order valence-electron chi connectivity index (χ2n) is 3.68. The van der Waals surface area contributed by atoms with E-state index in [1.54, 1.807) is 0 Å². The molecule has 86 valence electrons. The van der Waals surface area contributed by atoms with Crippen molar-refractivity contribution in [3.63, 3.8) is 0 Å². The second-order valence-corrected chi connectivity index (χ2v) is 5.95. The highest BCUT2D eigenvalue weighted by molar-refractivity contribution is 8.01. The predicted molar refractivity (Wildman–Crippen MR) is 72.0 cm³/mol. The Morgan fingerprint density at radius 2 is 2.27 bits per heavy atom. The molecule has 0 aliphatic rings. The van der Waals surface area contributed by atoms with Crippen LogP contribution < -0.4 is 5.32 Å². The van der Waals surface area contributed by atoms with Crippen molar-refractivity contribution in [3.8, 4) is 0 Å². The Kier molecular flexibility index (Phi) is 7.14. The lowest BCUT2D eigenvalue weighted by atomic mass is 10.2. The smallest absolute Gasteiger partial charge is 0.0599 e. The van der Waals surface area contributed by atoms with E-state index in [1.807, 2.05) is 23.1 Å². The average Bonchev–Trinajstić information content (AvgIpc) is 2.75. The van der Waals surface area contributed by atoms with Crippen LogP contribution in [-0.4, -0.2) is 18.3 Å². The van der Waals surface area contributed by atoms with Gasteiger partial charge in [0, 0.05) is 11.8 Å². The highest BCUT2D eigenvalue weighted by atomic mass is 32.2. The minimum atomic E-state index is 0.682. The van der Waals surface area contributed by atoms with Crippen molar-refractivity contribution in [3.05, 3.63) is 17.5 Å². The summed E-state index contributed by atoms with van der Waals surface area (Å²) in [5.41, 5.74) is 0. The molecule has 0 aliphatic carbocycles. The van der Waals surface area contributed by atoms with E-state index in [-0.39, 0.29) is 0 Å². The first-order valence-corrected chi connectivity index (χ1v) is 7.63. The molecule has 1 aromatic heterocycles. The summed E-state index contributed by atoms with van der Waals surface area (Å²) in [5.74, 6) is 1.20. The number of thioether (sulfide) groups is 1. The van der Waals surface area contributed by atoms with Gasteiger partial charge in [-0.3, -0.25) is 0 Å². The highest BCUT2D eigenvalue weighted by Crippen LogP contribution is 2.24. The summed E-state index contributed by atoms with van der Waals surface area (Å²) in [6, 6.07) is 5.02. The average molecular weight is 243 g/mol. The topological polar surface area (TPSA) is 12.0 Å². The Morgan fingerprint density at radius 3 is 2.87 bits per heavy atom. The van der Waals surface area contributed by atoms with Gasteiger partial charge in [-0.2, -0.15) is 0 Å². The normalized spacial score (nSPS) is 12.9. The first-order valence-electron chi connectivity index (χ1n) is 5.76. The maximum atomic E-state index is 3.62. The Bertz CT molecular complexity index is 234. The lowest BCUT2D eigenvalue weighted by Gasteiger charge is -2.16. The summed E-state index contributed by atoms with van der Waals surface area (Å²) in [4.78, 5) is 0. The van der Waals surface area contributed by atoms with Gasteiger partial charge in [0.05, 0.1) is 4.21 Å². The van der Waals surface area contributed by atoms with Crippen molar-refractivity contribution in [1.82, 2.24) is 5.32 Å². The van der Waals surface area contributed by atoms with Crippen LogP contribution in [0.15, 0.2) is 21.7 Å².